The Bertz CT molecular complexity index is 1280. The van der Waals surface area contributed by atoms with Crippen molar-refractivity contribution in [2.24, 2.45) is 13.0 Å². The van der Waals surface area contributed by atoms with Gasteiger partial charge in [0.1, 0.15) is 4.88 Å². The Kier molecular flexibility index (Phi) is 9.82. The van der Waals surface area contributed by atoms with Crippen LogP contribution in [0.15, 0.2) is 0 Å². The van der Waals surface area contributed by atoms with E-state index in [0.717, 1.165) is 54.4 Å². The number of thiazole rings is 1. The number of carbonyl (C=O) groups is 3. The van der Waals surface area contributed by atoms with E-state index in [1.807, 2.05) is 28.5 Å². The van der Waals surface area contributed by atoms with Crippen LogP contribution < -0.4 is 10.2 Å². The molecule has 1 aliphatic carbocycles. The third-order valence-corrected chi connectivity index (χ3v) is 9.82. The Morgan fingerprint density at radius 2 is 1.88 bits per heavy atom. The highest BCUT2D eigenvalue weighted by atomic mass is 32.1. The Labute approximate surface area is 252 Å². The van der Waals surface area contributed by atoms with Crippen LogP contribution >= 0.6 is 11.3 Å². The van der Waals surface area contributed by atoms with Crippen molar-refractivity contribution in [3.05, 3.63) is 27.5 Å². The van der Waals surface area contributed by atoms with Gasteiger partial charge in [0.05, 0.1) is 18.9 Å². The maximum Gasteiger partial charge on any atom is 0.272 e. The highest BCUT2D eigenvalue weighted by Crippen LogP contribution is 2.30. The number of nitrogens with one attached hydrogen (secondary N) is 1. The van der Waals surface area contributed by atoms with Crippen LogP contribution in [-0.2, 0) is 29.4 Å². The van der Waals surface area contributed by atoms with Gasteiger partial charge in [0, 0.05) is 70.0 Å². The monoisotopic (exact) mass is 599 g/mol. The number of fused-ring (bicyclic) bond motifs is 1. The summed E-state index contributed by atoms with van der Waals surface area (Å²) in [6.07, 6.45) is 4.83. The second kappa shape index (κ2) is 13.5. The molecule has 1 saturated heterocycles. The first-order chi connectivity index (χ1) is 20.2. The number of nitrogens with zero attached hydrogens (tertiary/aromatic N) is 6. The lowest BCUT2D eigenvalue weighted by Crippen LogP contribution is -2.45. The Hall–Kier alpha value is -2.99. The fraction of sp³-hybridized carbons (Fsp3) is 0.700. The van der Waals surface area contributed by atoms with E-state index in [1.54, 1.807) is 0 Å². The topological polar surface area (TPSA) is 113 Å². The van der Waals surface area contributed by atoms with Gasteiger partial charge in [0.25, 0.3) is 11.8 Å². The molecule has 2 bridgehead atoms. The van der Waals surface area contributed by atoms with Crippen LogP contribution in [0.2, 0.25) is 0 Å². The first-order valence-corrected chi connectivity index (χ1v) is 16.3. The van der Waals surface area contributed by atoms with Crippen LogP contribution in [0.5, 0.6) is 0 Å². The van der Waals surface area contributed by atoms with Crippen molar-refractivity contribution in [1.29, 1.82) is 0 Å². The molecular weight excluding hydrogens is 554 g/mol. The maximum absolute atomic E-state index is 13.8. The van der Waals surface area contributed by atoms with Crippen LogP contribution in [0.3, 0.4) is 0 Å². The summed E-state index contributed by atoms with van der Waals surface area (Å²) in [4.78, 5) is 52.2. The number of amides is 3. The highest BCUT2D eigenvalue weighted by molar-refractivity contribution is 7.17. The lowest BCUT2D eigenvalue weighted by molar-refractivity contribution is -0.134. The van der Waals surface area contributed by atoms with Gasteiger partial charge in [-0.2, -0.15) is 5.10 Å². The number of hydrogen-bond donors (Lipinski definition) is 1. The number of aryl methyl sites for hydroxylation is 2. The third kappa shape index (κ3) is 6.80. The quantitative estimate of drug-likeness (QED) is 0.563. The molecule has 3 aliphatic rings. The molecule has 0 radical (unpaired) electrons. The van der Waals surface area contributed by atoms with Gasteiger partial charge in [0.15, 0.2) is 10.8 Å². The van der Waals surface area contributed by atoms with E-state index in [2.05, 4.69) is 29.2 Å². The molecular formula is C30H45N7O4S. The molecule has 0 aromatic carbocycles. The zero-order valence-electron chi connectivity index (χ0n) is 25.5. The Morgan fingerprint density at radius 1 is 1.12 bits per heavy atom. The largest absolute Gasteiger partial charge is 0.378 e. The van der Waals surface area contributed by atoms with Gasteiger partial charge in [-0.15, -0.1) is 0 Å². The molecule has 3 amide bonds. The van der Waals surface area contributed by atoms with Crippen molar-refractivity contribution in [3.8, 4) is 0 Å². The predicted molar refractivity (Wildman–Crippen MR) is 162 cm³/mol. The van der Waals surface area contributed by atoms with Crippen LogP contribution in [0.4, 0.5) is 5.13 Å². The van der Waals surface area contributed by atoms with Gasteiger partial charge >= 0.3 is 0 Å². The van der Waals surface area contributed by atoms with Gasteiger partial charge in [-0.25, -0.2) is 4.98 Å². The molecule has 0 saturated carbocycles. The number of carbonyl (C=O) groups excluding carboxylic acids is 3. The number of anilines is 1. The summed E-state index contributed by atoms with van der Waals surface area (Å²) in [7, 11) is 1.89. The van der Waals surface area contributed by atoms with E-state index in [4.69, 9.17) is 9.72 Å². The number of morpholine rings is 1. The van der Waals surface area contributed by atoms with Gasteiger partial charge in [0.2, 0.25) is 5.91 Å². The molecule has 11 nitrogen and oxygen atoms in total. The number of hydrogen-bond acceptors (Lipinski definition) is 8. The molecule has 0 spiro atoms. The zero-order valence-corrected chi connectivity index (χ0v) is 26.3. The normalized spacial score (nSPS) is 20.9. The fourth-order valence-electron chi connectivity index (χ4n) is 6.18. The van der Waals surface area contributed by atoms with Crippen molar-refractivity contribution < 1.29 is 19.1 Å². The lowest BCUT2D eigenvalue weighted by Gasteiger charge is -2.35. The van der Waals surface area contributed by atoms with Crippen LogP contribution in [0.25, 0.3) is 0 Å². The summed E-state index contributed by atoms with van der Waals surface area (Å²) < 4.78 is 7.30. The summed E-state index contributed by atoms with van der Waals surface area (Å²) >= 11 is 1.43. The van der Waals surface area contributed by atoms with Gasteiger partial charge < -0.3 is 24.8 Å². The Morgan fingerprint density at radius 3 is 2.64 bits per heavy atom. The average molecular weight is 600 g/mol. The fourth-order valence-corrected chi connectivity index (χ4v) is 7.26. The van der Waals surface area contributed by atoms with Crippen LogP contribution in [0, 0.1) is 12.8 Å². The van der Waals surface area contributed by atoms with E-state index in [1.165, 1.54) is 11.3 Å². The molecule has 12 heteroatoms. The van der Waals surface area contributed by atoms with Crippen LogP contribution in [0.1, 0.15) is 83.1 Å². The minimum atomic E-state index is -0.186. The molecule has 1 atom stereocenters. The molecule has 1 unspecified atom stereocenters. The van der Waals surface area contributed by atoms with Gasteiger partial charge in [-0.3, -0.25) is 19.1 Å². The molecule has 230 valence electrons. The molecule has 2 aromatic heterocycles. The SMILES string of the molecule is Cc1nc(N2CCOCC2)sc1C(=O)N1CCCNC(=O)c2nn(C)c3c2CC(CC3)N(CCC(C)C)C(=O)CCC1. The summed E-state index contributed by atoms with van der Waals surface area (Å²) in [5.41, 5.74) is 3.25. The summed E-state index contributed by atoms with van der Waals surface area (Å²) in [5.74, 6) is 0.363. The second-order valence-corrected chi connectivity index (χ2v) is 13.1. The van der Waals surface area contributed by atoms with Crippen LogP contribution in [-0.4, -0.2) is 101 Å². The zero-order chi connectivity index (χ0) is 29.8. The van der Waals surface area contributed by atoms with Crippen molar-refractivity contribution in [1.82, 2.24) is 29.9 Å². The minimum absolute atomic E-state index is 0.0424. The first-order valence-electron chi connectivity index (χ1n) is 15.4. The lowest BCUT2D eigenvalue weighted by atomic mass is 9.89. The van der Waals surface area contributed by atoms with Crippen molar-refractivity contribution >= 4 is 34.2 Å². The van der Waals surface area contributed by atoms with Crippen molar-refractivity contribution in [2.75, 3.05) is 57.4 Å². The van der Waals surface area contributed by atoms with Gasteiger partial charge in [-0.05, 0) is 51.4 Å². The summed E-state index contributed by atoms with van der Waals surface area (Å²) in [6, 6.07) is 0.0424. The molecule has 2 aromatic rings. The average Bonchev–Trinajstić information content (AvgIpc) is 3.53. The molecule has 42 heavy (non-hydrogen) atoms. The van der Waals surface area contributed by atoms with Gasteiger partial charge in [-0.1, -0.05) is 25.2 Å². The molecule has 1 fully saturated rings. The molecule has 4 heterocycles. The standard InChI is InChI=1S/C30H45N7O4S/c1-20(2)10-14-37-22-8-9-24-23(19-22)26(33-34(24)4)28(39)31-11-6-13-35(12-5-7-25(37)38)29(40)27-21(3)32-30(42-27)36-15-17-41-18-16-36/h20,22H,5-19H2,1-4H3,(H,31,39). The number of ether oxygens (including phenoxy) is 1. The minimum Gasteiger partial charge on any atom is -0.378 e. The van der Waals surface area contributed by atoms with Crippen molar-refractivity contribution in [3.63, 3.8) is 0 Å². The van der Waals surface area contributed by atoms with E-state index in [-0.39, 0.29) is 23.8 Å². The van der Waals surface area contributed by atoms with E-state index < -0.39 is 0 Å². The highest BCUT2D eigenvalue weighted by Gasteiger charge is 2.33. The smallest absolute Gasteiger partial charge is 0.272 e. The van der Waals surface area contributed by atoms with E-state index >= 15 is 0 Å². The Balaban J connectivity index is 1.36. The molecule has 2 aliphatic heterocycles. The number of rotatable bonds is 5. The van der Waals surface area contributed by atoms with E-state index in [9.17, 15) is 14.4 Å². The molecule has 1 N–H and O–H groups in total. The third-order valence-electron chi connectivity index (χ3n) is 8.61. The summed E-state index contributed by atoms with van der Waals surface area (Å²) in [5, 5.41) is 8.48. The first kappa shape index (κ1) is 30.5. The molecule has 5 rings (SSSR count). The van der Waals surface area contributed by atoms with Crippen molar-refractivity contribution in [2.45, 2.75) is 71.8 Å². The predicted octanol–water partition coefficient (Wildman–Crippen LogP) is 2.81. The van der Waals surface area contributed by atoms with E-state index in [0.29, 0.717) is 81.6 Å². The second-order valence-electron chi connectivity index (χ2n) is 12.1. The number of aromatic nitrogens is 3. The summed E-state index contributed by atoms with van der Waals surface area (Å²) in [6.45, 7) is 11.2. The maximum atomic E-state index is 13.8.